The molecule has 4 heteroatoms. The van der Waals surface area contributed by atoms with Gasteiger partial charge in [0.05, 0.1) is 12.3 Å². The summed E-state index contributed by atoms with van der Waals surface area (Å²) in [5, 5.41) is 0. The summed E-state index contributed by atoms with van der Waals surface area (Å²) in [4.78, 5) is 22.7. The van der Waals surface area contributed by atoms with Crippen LogP contribution in [0.5, 0.6) is 0 Å². The minimum atomic E-state index is -0.100. The Kier molecular flexibility index (Phi) is 2.43. The van der Waals surface area contributed by atoms with Crippen molar-refractivity contribution in [3.05, 3.63) is 0 Å². The fourth-order valence-electron chi connectivity index (χ4n) is 2.43. The highest BCUT2D eigenvalue weighted by Crippen LogP contribution is 2.33. The number of rotatable bonds is 1. The van der Waals surface area contributed by atoms with E-state index in [1.165, 1.54) is 12.8 Å². The Bertz CT molecular complexity index is 248. The summed E-state index contributed by atoms with van der Waals surface area (Å²) >= 11 is 4.78. The number of carbonyl (C=O) groups is 2. The van der Waals surface area contributed by atoms with Crippen LogP contribution in [0.15, 0.2) is 0 Å². The molecule has 0 bridgehead atoms. The van der Waals surface area contributed by atoms with E-state index in [1.807, 2.05) is 0 Å². The van der Waals surface area contributed by atoms with Crippen molar-refractivity contribution in [2.75, 3.05) is 0 Å². The molecule has 0 radical (unpaired) electrons. The first-order valence-corrected chi connectivity index (χ1v) is 5.22. The molecule has 3 nitrogen and oxygen atoms in total. The lowest BCUT2D eigenvalue weighted by Gasteiger charge is -2.14. The topological polar surface area (TPSA) is 38.6 Å². The molecule has 2 fully saturated rings. The van der Waals surface area contributed by atoms with E-state index in [0.717, 1.165) is 12.8 Å². The molecule has 0 aromatic carbocycles. The van der Waals surface area contributed by atoms with Crippen LogP contribution < -0.4 is 4.31 Å². The van der Waals surface area contributed by atoms with Crippen molar-refractivity contribution in [3.63, 3.8) is 0 Å². The second-order valence-electron chi connectivity index (χ2n) is 3.97. The molecule has 72 valence electrons. The lowest BCUT2D eigenvalue weighted by atomic mass is 9.90. The lowest BCUT2D eigenvalue weighted by molar-refractivity contribution is -0.574. The summed E-state index contributed by atoms with van der Waals surface area (Å²) in [5.41, 5.74) is 0. The number of imide groups is 1. The maximum atomic E-state index is 11.5. The van der Waals surface area contributed by atoms with Crippen LogP contribution in [-0.2, 0) is 22.4 Å². The molecule has 1 aliphatic carbocycles. The number of hydrogen-bond donors (Lipinski definition) is 1. The molecule has 1 saturated heterocycles. The van der Waals surface area contributed by atoms with Crippen LogP contribution in [0.3, 0.4) is 0 Å². The molecule has 1 N–H and O–H groups in total. The first-order valence-electron chi connectivity index (χ1n) is 4.81. The van der Waals surface area contributed by atoms with Crippen molar-refractivity contribution in [2.45, 2.75) is 32.1 Å². The first-order chi connectivity index (χ1) is 6.20. The molecule has 2 aliphatic rings. The number of hydrogen-bond acceptors (Lipinski definition) is 3. The minimum Gasteiger partial charge on any atom is -0.478 e. The van der Waals surface area contributed by atoms with E-state index >= 15 is 0 Å². The van der Waals surface area contributed by atoms with E-state index in [2.05, 4.69) is 0 Å². The zero-order valence-electron chi connectivity index (χ0n) is 7.41. The third kappa shape index (κ3) is 1.53. The van der Waals surface area contributed by atoms with Crippen molar-refractivity contribution in [1.82, 2.24) is 0 Å². The Labute approximate surface area is 83.0 Å². The molecule has 2 unspecified atom stereocenters. The van der Waals surface area contributed by atoms with Crippen molar-refractivity contribution in [2.24, 2.45) is 11.8 Å². The third-order valence-corrected chi connectivity index (χ3v) is 3.62. The quantitative estimate of drug-likeness (QED) is 0.461. The van der Waals surface area contributed by atoms with Gasteiger partial charge in [-0.3, -0.25) is 0 Å². The highest BCUT2D eigenvalue weighted by atomic mass is 32.1. The molecule has 1 heterocycles. The summed E-state index contributed by atoms with van der Waals surface area (Å²) in [6, 6.07) is 0. The maximum absolute atomic E-state index is 11.5. The van der Waals surface area contributed by atoms with Crippen molar-refractivity contribution >= 4 is 24.6 Å². The normalized spacial score (nSPS) is 36.1. The first kappa shape index (κ1) is 9.21. The van der Waals surface area contributed by atoms with Gasteiger partial charge in [0.1, 0.15) is 0 Å². The highest BCUT2D eigenvalue weighted by Gasteiger charge is 2.43. The fraction of sp³-hybridized carbons (Fsp3) is 0.778. The zero-order valence-corrected chi connectivity index (χ0v) is 8.23. The van der Waals surface area contributed by atoms with Crippen LogP contribution in [0.25, 0.3) is 0 Å². The van der Waals surface area contributed by atoms with Gasteiger partial charge in [-0.25, -0.2) is 9.59 Å². The van der Waals surface area contributed by atoms with Gasteiger partial charge in [0.25, 0.3) is 0 Å². The predicted octanol–water partition coefficient (Wildman–Crippen LogP) is -0.404. The molecular weight excluding hydrogens is 186 g/mol. The van der Waals surface area contributed by atoms with E-state index in [-0.39, 0.29) is 22.0 Å². The summed E-state index contributed by atoms with van der Waals surface area (Å²) in [7, 11) is 0. The molecule has 2 rings (SSSR count). The fourth-order valence-corrected chi connectivity index (χ4v) is 2.67. The van der Waals surface area contributed by atoms with Crippen molar-refractivity contribution in [1.29, 1.82) is 0 Å². The summed E-state index contributed by atoms with van der Waals surface area (Å²) in [6.45, 7) is 0. The second-order valence-corrected chi connectivity index (χ2v) is 4.38. The Morgan fingerprint density at radius 2 is 1.85 bits per heavy atom. The van der Waals surface area contributed by atoms with Crippen molar-refractivity contribution in [3.8, 4) is 0 Å². The second kappa shape index (κ2) is 3.42. The zero-order chi connectivity index (χ0) is 9.42. The summed E-state index contributed by atoms with van der Waals surface area (Å²) in [6.07, 6.45) is 5.01. The molecule has 0 spiro atoms. The van der Waals surface area contributed by atoms with Gasteiger partial charge in [-0.1, -0.05) is 12.8 Å². The van der Waals surface area contributed by atoms with Crippen LogP contribution in [0.1, 0.15) is 32.1 Å². The SMILES string of the molecule is O=C1CC(C2CCCC2)C(=O)[NH+]1[S-]. The monoisotopic (exact) mass is 199 g/mol. The summed E-state index contributed by atoms with van der Waals surface area (Å²) < 4.78 is 0.0805. The molecule has 0 aromatic heterocycles. The molecular formula is C9H13NO2S. The van der Waals surface area contributed by atoms with E-state index in [1.54, 1.807) is 0 Å². The molecule has 1 saturated carbocycles. The van der Waals surface area contributed by atoms with Crippen LogP contribution >= 0.6 is 0 Å². The predicted molar refractivity (Wildman–Crippen MR) is 48.4 cm³/mol. The largest absolute Gasteiger partial charge is 0.478 e. The average molecular weight is 199 g/mol. The maximum Gasteiger partial charge on any atom is 0.305 e. The van der Waals surface area contributed by atoms with Gasteiger partial charge in [0, 0.05) is 0 Å². The van der Waals surface area contributed by atoms with Crippen LogP contribution in [-0.4, -0.2) is 11.8 Å². The Hall–Kier alpha value is -0.350. The Morgan fingerprint density at radius 3 is 2.31 bits per heavy atom. The third-order valence-electron chi connectivity index (χ3n) is 3.19. The lowest BCUT2D eigenvalue weighted by Crippen LogP contribution is -3.10. The standard InChI is InChI=1S/C9H13NO2S/c11-8-5-7(9(12)10(8)13)6-3-1-2-4-6/h6-7,10H,1-5H2. The Balaban J connectivity index is 2.08. The van der Waals surface area contributed by atoms with E-state index in [0.29, 0.717) is 12.3 Å². The number of quaternary nitrogens is 1. The highest BCUT2D eigenvalue weighted by molar-refractivity contribution is 7.52. The van der Waals surface area contributed by atoms with Crippen molar-refractivity contribution < 1.29 is 13.9 Å². The van der Waals surface area contributed by atoms with Gasteiger partial charge >= 0.3 is 11.8 Å². The van der Waals surface area contributed by atoms with Crippen LogP contribution in [0.2, 0.25) is 0 Å². The number of nitrogens with one attached hydrogen (secondary N) is 1. The van der Waals surface area contributed by atoms with Gasteiger partial charge in [0.2, 0.25) is 0 Å². The molecule has 1 aliphatic heterocycles. The van der Waals surface area contributed by atoms with Crippen LogP contribution in [0, 0.1) is 11.8 Å². The van der Waals surface area contributed by atoms with E-state index in [4.69, 9.17) is 12.8 Å². The van der Waals surface area contributed by atoms with Crippen LogP contribution in [0.4, 0.5) is 0 Å². The van der Waals surface area contributed by atoms with Gasteiger partial charge < -0.3 is 17.1 Å². The Morgan fingerprint density at radius 1 is 1.23 bits per heavy atom. The smallest absolute Gasteiger partial charge is 0.305 e. The van der Waals surface area contributed by atoms with Gasteiger partial charge in [-0.05, 0) is 18.8 Å². The van der Waals surface area contributed by atoms with E-state index < -0.39 is 0 Å². The number of amides is 2. The summed E-state index contributed by atoms with van der Waals surface area (Å²) in [5.74, 6) is 0.239. The minimum absolute atomic E-state index is 0.0492. The van der Waals surface area contributed by atoms with Gasteiger partial charge in [-0.2, -0.15) is 0 Å². The van der Waals surface area contributed by atoms with E-state index in [9.17, 15) is 9.59 Å². The average Bonchev–Trinajstić information content (AvgIpc) is 2.70. The number of carbonyl (C=O) groups excluding carboxylic acids is 2. The molecule has 13 heavy (non-hydrogen) atoms. The van der Waals surface area contributed by atoms with Gasteiger partial charge in [0.15, 0.2) is 0 Å². The molecule has 0 aromatic rings. The molecule has 2 atom stereocenters. The van der Waals surface area contributed by atoms with Gasteiger partial charge in [-0.15, -0.1) is 0 Å². The molecule has 2 amide bonds.